The van der Waals surface area contributed by atoms with E-state index in [-0.39, 0.29) is 0 Å². The highest BCUT2D eigenvalue weighted by Gasteiger charge is 2.08. The maximum Gasteiger partial charge on any atom is 0.0386 e. The molecule has 0 saturated heterocycles. The Balaban J connectivity index is 2.26. The quantitative estimate of drug-likeness (QED) is 0.839. The summed E-state index contributed by atoms with van der Waals surface area (Å²) < 4.78 is 0. The van der Waals surface area contributed by atoms with Crippen LogP contribution in [0.3, 0.4) is 0 Å². The number of thiophene rings is 1. The van der Waals surface area contributed by atoms with Crippen molar-refractivity contribution in [3.8, 4) is 10.4 Å². The zero-order chi connectivity index (χ0) is 13.1. The summed E-state index contributed by atoms with van der Waals surface area (Å²) in [6, 6.07) is 11.6. The molecule has 18 heavy (non-hydrogen) atoms. The van der Waals surface area contributed by atoms with E-state index < -0.39 is 0 Å². The van der Waals surface area contributed by atoms with Crippen LogP contribution < -0.4 is 5.32 Å². The summed E-state index contributed by atoms with van der Waals surface area (Å²) in [5.74, 6) is 0. The molecule has 0 bridgehead atoms. The number of benzene rings is 1. The Morgan fingerprint density at radius 2 is 1.89 bits per heavy atom. The predicted octanol–water partition coefficient (Wildman–Crippen LogP) is 4.70. The highest BCUT2D eigenvalue weighted by molar-refractivity contribution is 7.15. The summed E-state index contributed by atoms with van der Waals surface area (Å²) in [5, 5.41) is 3.46. The van der Waals surface area contributed by atoms with Gasteiger partial charge in [0.25, 0.3) is 0 Å². The summed E-state index contributed by atoms with van der Waals surface area (Å²) in [4.78, 5) is 2.77. The Bertz CT molecular complexity index is 528. The number of hydrogen-bond acceptors (Lipinski definition) is 2. The third kappa shape index (κ3) is 2.82. The van der Waals surface area contributed by atoms with E-state index in [0.717, 1.165) is 6.54 Å². The average molecular weight is 259 g/mol. The summed E-state index contributed by atoms with van der Waals surface area (Å²) in [6.07, 6.45) is 0. The van der Waals surface area contributed by atoms with Gasteiger partial charge in [-0.1, -0.05) is 25.1 Å². The Kier molecular flexibility index (Phi) is 4.20. The molecule has 96 valence electrons. The number of nitrogens with one attached hydrogen (secondary N) is 1. The van der Waals surface area contributed by atoms with Gasteiger partial charge in [-0.3, -0.25) is 0 Å². The molecule has 0 aliphatic heterocycles. The van der Waals surface area contributed by atoms with Crippen LogP contribution in [0.2, 0.25) is 0 Å². The van der Waals surface area contributed by atoms with Gasteiger partial charge in [0.15, 0.2) is 0 Å². The molecule has 2 heteroatoms. The molecular weight excluding hydrogens is 238 g/mol. The number of aryl methyl sites for hydroxylation is 2. The normalized spacial score (nSPS) is 12.7. The van der Waals surface area contributed by atoms with Crippen molar-refractivity contribution in [1.29, 1.82) is 0 Å². The smallest absolute Gasteiger partial charge is 0.0386 e. The molecule has 1 aromatic heterocycles. The van der Waals surface area contributed by atoms with E-state index in [1.54, 1.807) is 0 Å². The second kappa shape index (κ2) is 5.68. The SMILES string of the molecule is CCNC(C)c1ccc(-c2ccc(C)c(C)c2)s1. The standard InChI is InChI=1S/C16H21NS/c1-5-17-13(4)15-8-9-16(18-15)14-7-6-11(2)12(3)10-14/h6-10,13,17H,5H2,1-4H3. The van der Waals surface area contributed by atoms with Crippen LogP contribution in [0.1, 0.15) is 35.9 Å². The highest BCUT2D eigenvalue weighted by Crippen LogP contribution is 2.32. The van der Waals surface area contributed by atoms with Gasteiger partial charge in [-0.25, -0.2) is 0 Å². The first-order valence-corrected chi connectivity index (χ1v) is 7.34. The van der Waals surface area contributed by atoms with E-state index in [2.05, 4.69) is 63.3 Å². The molecular formula is C16H21NS. The first-order chi connectivity index (χ1) is 8.61. The molecule has 1 aromatic carbocycles. The van der Waals surface area contributed by atoms with Crippen molar-refractivity contribution in [3.05, 3.63) is 46.3 Å². The van der Waals surface area contributed by atoms with E-state index in [0.29, 0.717) is 6.04 Å². The zero-order valence-electron chi connectivity index (χ0n) is 11.6. The van der Waals surface area contributed by atoms with Crippen LogP contribution in [0, 0.1) is 13.8 Å². The molecule has 0 aliphatic rings. The van der Waals surface area contributed by atoms with Crippen LogP contribution in [0.4, 0.5) is 0 Å². The lowest BCUT2D eigenvalue weighted by Gasteiger charge is -2.09. The van der Waals surface area contributed by atoms with Crippen LogP contribution >= 0.6 is 11.3 Å². The molecule has 0 radical (unpaired) electrons. The van der Waals surface area contributed by atoms with E-state index in [9.17, 15) is 0 Å². The van der Waals surface area contributed by atoms with Crippen LogP contribution in [0.25, 0.3) is 10.4 Å². The monoisotopic (exact) mass is 259 g/mol. The molecule has 0 fully saturated rings. The lowest BCUT2D eigenvalue weighted by atomic mass is 10.1. The summed E-state index contributed by atoms with van der Waals surface area (Å²) in [5.41, 5.74) is 4.05. The Morgan fingerprint density at radius 1 is 1.11 bits per heavy atom. The third-order valence-corrected chi connectivity index (χ3v) is 4.67. The predicted molar refractivity (Wildman–Crippen MR) is 81.3 cm³/mol. The first kappa shape index (κ1) is 13.3. The maximum atomic E-state index is 3.46. The van der Waals surface area contributed by atoms with E-state index in [1.807, 2.05) is 11.3 Å². The van der Waals surface area contributed by atoms with Crippen molar-refractivity contribution in [1.82, 2.24) is 5.32 Å². The molecule has 0 aliphatic carbocycles. The first-order valence-electron chi connectivity index (χ1n) is 6.52. The van der Waals surface area contributed by atoms with E-state index >= 15 is 0 Å². The lowest BCUT2D eigenvalue weighted by molar-refractivity contribution is 0.607. The third-order valence-electron chi connectivity index (χ3n) is 3.36. The molecule has 1 nitrogen and oxygen atoms in total. The van der Waals surface area contributed by atoms with Gasteiger partial charge in [-0.05, 0) is 56.1 Å². The fourth-order valence-electron chi connectivity index (χ4n) is 2.04. The summed E-state index contributed by atoms with van der Waals surface area (Å²) in [6.45, 7) is 9.71. The van der Waals surface area contributed by atoms with Gasteiger partial charge < -0.3 is 5.32 Å². The molecule has 2 rings (SSSR count). The van der Waals surface area contributed by atoms with Gasteiger partial charge in [-0.15, -0.1) is 11.3 Å². The Labute approximate surface area is 114 Å². The second-order valence-electron chi connectivity index (χ2n) is 4.78. The minimum Gasteiger partial charge on any atom is -0.310 e. The zero-order valence-corrected chi connectivity index (χ0v) is 12.4. The van der Waals surface area contributed by atoms with Crippen molar-refractivity contribution >= 4 is 11.3 Å². The van der Waals surface area contributed by atoms with Crippen molar-refractivity contribution in [2.75, 3.05) is 6.54 Å². The average Bonchev–Trinajstić information content (AvgIpc) is 2.82. The number of hydrogen-bond donors (Lipinski definition) is 1. The van der Waals surface area contributed by atoms with E-state index in [1.165, 1.54) is 26.4 Å². The molecule has 0 amide bonds. The molecule has 0 saturated carbocycles. The van der Waals surface area contributed by atoms with Crippen molar-refractivity contribution in [2.24, 2.45) is 0 Å². The van der Waals surface area contributed by atoms with Crippen LogP contribution in [0.5, 0.6) is 0 Å². The highest BCUT2D eigenvalue weighted by atomic mass is 32.1. The van der Waals surface area contributed by atoms with Crippen molar-refractivity contribution in [2.45, 2.75) is 33.7 Å². The number of rotatable bonds is 4. The van der Waals surface area contributed by atoms with Crippen molar-refractivity contribution < 1.29 is 0 Å². The van der Waals surface area contributed by atoms with Crippen LogP contribution in [-0.2, 0) is 0 Å². The topological polar surface area (TPSA) is 12.0 Å². The van der Waals surface area contributed by atoms with Gasteiger partial charge >= 0.3 is 0 Å². The second-order valence-corrected chi connectivity index (χ2v) is 5.90. The summed E-state index contributed by atoms with van der Waals surface area (Å²) in [7, 11) is 0. The Hall–Kier alpha value is -1.12. The van der Waals surface area contributed by atoms with Crippen LogP contribution in [0.15, 0.2) is 30.3 Å². The fraction of sp³-hybridized carbons (Fsp3) is 0.375. The molecule has 1 N–H and O–H groups in total. The van der Waals surface area contributed by atoms with Gasteiger partial charge in [0, 0.05) is 15.8 Å². The Morgan fingerprint density at radius 3 is 2.56 bits per heavy atom. The van der Waals surface area contributed by atoms with Crippen molar-refractivity contribution in [3.63, 3.8) is 0 Å². The van der Waals surface area contributed by atoms with Gasteiger partial charge in [-0.2, -0.15) is 0 Å². The lowest BCUT2D eigenvalue weighted by Crippen LogP contribution is -2.16. The maximum absolute atomic E-state index is 3.46. The molecule has 1 unspecified atom stereocenters. The van der Waals surface area contributed by atoms with Gasteiger partial charge in [0.05, 0.1) is 0 Å². The summed E-state index contributed by atoms with van der Waals surface area (Å²) >= 11 is 1.89. The van der Waals surface area contributed by atoms with Gasteiger partial charge in [0.2, 0.25) is 0 Å². The molecule has 2 aromatic rings. The minimum atomic E-state index is 0.445. The van der Waals surface area contributed by atoms with Gasteiger partial charge in [0.1, 0.15) is 0 Å². The van der Waals surface area contributed by atoms with E-state index in [4.69, 9.17) is 0 Å². The molecule has 1 heterocycles. The molecule has 0 spiro atoms. The fourth-order valence-corrected chi connectivity index (χ4v) is 3.07. The van der Waals surface area contributed by atoms with Crippen LogP contribution in [-0.4, -0.2) is 6.54 Å². The largest absolute Gasteiger partial charge is 0.310 e. The molecule has 1 atom stereocenters. The minimum absolute atomic E-state index is 0.445.